The highest BCUT2D eigenvalue weighted by Crippen LogP contribution is 2.31. The van der Waals surface area contributed by atoms with Crippen LogP contribution in [0.3, 0.4) is 0 Å². The lowest BCUT2D eigenvalue weighted by Gasteiger charge is -2.22. The second-order valence-electron chi connectivity index (χ2n) is 5.28. The molecule has 0 aromatic heterocycles. The van der Waals surface area contributed by atoms with Crippen molar-refractivity contribution >= 4 is 24.1 Å². The first-order valence-corrected chi connectivity index (χ1v) is 7.63. The van der Waals surface area contributed by atoms with Gasteiger partial charge in [-0.25, -0.2) is 4.79 Å². The molecule has 2 aromatic carbocycles. The standard InChI is InChI=1S/C18H20F2N2O2.ClH/c1-2-24-17(23)18(19,20)16(21)14-8-10-15(11-9-14)22-12-13-6-4-3-5-7-13;/h3-11,16,22H,2,12,21H2,1H3;1H/t16-;/m0./s1. The summed E-state index contributed by atoms with van der Waals surface area (Å²) in [6.45, 7) is 1.96. The Labute approximate surface area is 151 Å². The fourth-order valence-corrected chi connectivity index (χ4v) is 2.17. The number of alkyl halides is 2. The van der Waals surface area contributed by atoms with Gasteiger partial charge in [0.25, 0.3) is 0 Å². The van der Waals surface area contributed by atoms with E-state index < -0.39 is 17.9 Å². The average Bonchev–Trinajstić information content (AvgIpc) is 2.61. The molecule has 7 heteroatoms. The molecule has 0 bridgehead atoms. The Bertz CT molecular complexity index is 667. The van der Waals surface area contributed by atoms with Crippen molar-refractivity contribution in [1.82, 2.24) is 0 Å². The third-order valence-corrected chi connectivity index (χ3v) is 3.55. The lowest BCUT2D eigenvalue weighted by molar-refractivity contribution is -0.174. The van der Waals surface area contributed by atoms with Crippen LogP contribution in [0, 0.1) is 0 Å². The van der Waals surface area contributed by atoms with E-state index in [-0.39, 0.29) is 24.6 Å². The van der Waals surface area contributed by atoms with Crippen molar-refractivity contribution in [2.75, 3.05) is 11.9 Å². The van der Waals surface area contributed by atoms with Crippen molar-refractivity contribution < 1.29 is 18.3 Å². The van der Waals surface area contributed by atoms with E-state index in [9.17, 15) is 13.6 Å². The highest BCUT2D eigenvalue weighted by atomic mass is 35.5. The van der Waals surface area contributed by atoms with E-state index in [2.05, 4.69) is 10.1 Å². The lowest BCUT2D eigenvalue weighted by atomic mass is 10.0. The number of benzene rings is 2. The molecule has 1 atom stereocenters. The van der Waals surface area contributed by atoms with E-state index in [1.807, 2.05) is 30.3 Å². The van der Waals surface area contributed by atoms with Crippen molar-refractivity contribution in [2.24, 2.45) is 5.73 Å². The fourth-order valence-electron chi connectivity index (χ4n) is 2.17. The van der Waals surface area contributed by atoms with Gasteiger partial charge in [-0.15, -0.1) is 12.4 Å². The number of nitrogens with one attached hydrogen (secondary N) is 1. The summed E-state index contributed by atoms with van der Waals surface area (Å²) in [7, 11) is 0. The van der Waals surface area contributed by atoms with Crippen molar-refractivity contribution in [3.8, 4) is 0 Å². The van der Waals surface area contributed by atoms with Crippen molar-refractivity contribution in [3.05, 3.63) is 65.7 Å². The quantitative estimate of drug-likeness (QED) is 0.725. The SMILES string of the molecule is CCOC(=O)C(F)(F)[C@@H](N)c1ccc(NCc2ccccc2)cc1.Cl. The summed E-state index contributed by atoms with van der Waals surface area (Å²) in [5.41, 5.74) is 7.59. The Kier molecular flexibility index (Phi) is 7.80. The number of anilines is 1. The molecule has 4 nitrogen and oxygen atoms in total. The summed E-state index contributed by atoms with van der Waals surface area (Å²) in [6, 6.07) is 14.3. The zero-order valence-electron chi connectivity index (χ0n) is 13.7. The van der Waals surface area contributed by atoms with Gasteiger partial charge in [-0.2, -0.15) is 8.78 Å². The summed E-state index contributed by atoms with van der Waals surface area (Å²) in [5, 5.41) is 3.19. The summed E-state index contributed by atoms with van der Waals surface area (Å²) in [4.78, 5) is 11.3. The Morgan fingerprint density at radius 3 is 2.32 bits per heavy atom. The minimum atomic E-state index is -3.77. The van der Waals surface area contributed by atoms with Crippen LogP contribution in [0.25, 0.3) is 0 Å². The Morgan fingerprint density at radius 1 is 1.16 bits per heavy atom. The highest BCUT2D eigenvalue weighted by Gasteiger charge is 2.47. The van der Waals surface area contributed by atoms with E-state index >= 15 is 0 Å². The van der Waals surface area contributed by atoms with Crippen LogP contribution in [0.1, 0.15) is 24.1 Å². The molecule has 0 saturated heterocycles. The van der Waals surface area contributed by atoms with Crippen LogP contribution in [-0.2, 0) is 16.1 Å². The number of rotatable bonds is 7. The molecular weight excluding hydrogens is 350 g/mol. The summed E-state index contributed by atoms with van der Waals surface area (Å²) >= 11 is 0. The van der Waals surface area contributed by atoms with E-state index in [0.717, 1.165) is 11.3 Å². The second-order valence-corrected chi connectivity index (χ2v) is 5.28. The van der Waals surface area contributed by atoms with Gasteiger partial charge in [0.15, 0.2) is 0 Å². The van der Waals surface area contributed by atoms with Gasteiger partial charge in [-0.1, -0.05) is 42.5 Å². The number of carbonyl (C=O) groups excluding carboxylic acids is 1. The lowest BCUT2D eigenvalue weighted by Crippen LogP contribution is -2.41. The van der Waals surface area contributed by atoms with Gasteiger partial charge in [0, 0.05) is 12.2 Å². The van der Waals surface area contributed by atoms with Crippen LogP contribution in [0.4, 0.5) is 14.5 Å². The Balaban J connectivity index is 0.00000312. The van der Waals surface area contributed by atoms with Crippen LogP contribution in [0.15, 0.2) is 54.6 Å². The monoisotopic (exact) mass is 370 g/mol. The van der Waals surface area contributed by atoms with Gasteiger partial charge in [0.2, 0.25) is 0 Å². The third-order valence-electron chi connectivity index (χ3n) is 3.55. The fraction of sp³-hybridized carbons (Fsp3) is 0.278. The molecule has 0 aliphatic rings. The van der Waals surface area contributed by atoms with Crippen LogP contribution < -0.4 is 11.1 Å². The zero-order valence-corrected chi connectivity index (χ0v) is 14.6. The highest BCUT2D eigenvalue weighted by molar-refractivity contribution is 5.85. The first-order valence-electron chi connectivity index (χ1n) is 7.63. The van der Waals surface area contributed by atoms with Crippen LogP contribution in [0.2, 0.25) is 0 Å². The number of carbonyl (C=O) groups is 1. The summed E-state index contributed by atoms with van der Waals surface area (Å²) in [5.74, 6) is -5.38. The number of ether oxygens (including phenoxy) is 1. The van der Waals surface area contributed by atoms with Crippen LogP contribution in [0.5, 0.6) is 0 Å². The Hall–Kier alpha value is -2.18. The molecule has 25 heavy (non-hydrogen) atoms. The molecular formula is C18H21ClF2N2O2. The smallest absolute Gasteiger partial charge is 0.379 e. The zero-order chi connectivity index (χ0) is 17.6. The van der Waals surface area contributed by atoms with Crippen LogP contribution in [-0.4, -0.2) is 18.5 Å². The van der Waals surface area contributed by atoms with E-state index in [0.29, 0.717) is 6.54 Å². The molecule has 0 spiro atoms. The first kappa shape index (κ1) is 20.9. The van der Waals surface area contributed by atoms with Gasteiger partial charge in [0.05, 0.1) is 6.61 Å². The number of halogens is 3. The number of hydrogen-bond donors (Lipinski definition) is 2. The maximum atomic E-state index is 13.9. The molecule has 0 unspecified atom stereocenters. The minimum Gasteiger partial charge on any atom is -0.462 e. The maximum Gasteiger partial charge on any atom is 0.379 e. The average molecular weight is 371 g/mol. The predicted molar refractivity (Wildman–Crippen MR) is 96.0 cm³/mol. The summed E-state index contributed by atoms with van der Waals surface area (Å²) < 4.78 is 32.3. The number of hydrogen-bond acceptors (Lipinski definition) is 4. The molecule has 0 radical (unpaired) electrons. The predicted octanol–water partition coefficient (Wildman–Crippen LogP) is 3.92. The first-order chi connectivity index (χ1) is 11.4. The van der Waals surface area contributed by atoms with Crippen molar-refractivity contribution in [1.29, 1.82) is 0 Å². The third kappa shape index (κ3) is 5.41. The van der Waals surface area contributed by atoms with E-state index in [1.165, 1.54) is 19.1 Å². The minimum absolute atomic E-state index is 0. The molecule has 0 fully saturated rings. The van der Waals surface area contributed by atoms with Gasteiger partial charge >= 0.3 is 11.9 Å². The normalized spacial score (nSPS) is 12.0. The molecule has 136 valence electrons. The van der Waals surface area contributed by atoms with Gasteiger partial charge in [-0.05, 0) is 30.2 Å². The largest absolute Gasteiger partial charge is 0.462 e. The molecule has 0 saturated carbocycles. The molecule has 0 amide bonds. The molecule has 0 aliphatic heterocycles. The molecule has 2 aromatic rings. The van der Waals surface area contributed by atoms with Crippen molar-refractivity contribution in [3.63, 3.8) is 0 Å². The van der Waals surface area contributed by atoms with Gasteiger partial charge in [-0.3, -0.25) is 0 Å². The molecule has 2 rings (SSSR count). The topological polar surface area (TPSA) is 64.3 Å². The maximum absolute atomic E-state index is 13.9. The van der Waals surface area contributed by atoms with Gasteiger partial charge < -0.3 is 15.8 Å². The van der Waals surface area contributed by atoms with Crippen LogP contribution >= 0.6 is 12.4 Å². The molecule has 3 N–H and O–H groups in total. The van der Waals surface area contributed by atoms with Crippen molar-refractivity contribution in [2.45, 2.75) is 25.4 Å². The number of nitrogens with two attached hydrogens (primary N) is 1. The molecule has 0 aliphatic carbocycles. The Morgan fingerprint density at radius 2 is 1.76 bits per heavy atom. The second kappa shape index (κ2) is 9.34. The van der Waals surface area contributed by atoms with E-state index in [1.54, 1.807) is 12.1 Å². The summed E-state index contributed by atoms with van der Waals surface area (Å²) in [6.07, 6.45) is 0. The van der Waals surface area contributed by atoms with E-state index in [4.69, 9.17) is 5.73 Å². The molecule has 0 heterocycles. The van der Waals surface area contributed by atoms with Gasteiger partial charge in [0.1, 0.15) is 6.04 Å². The number of esters is 1.